The highest BCUT2D eigenvalue weighted by molar-refractivity contribution is 5.95. The van der Waals surface area contributed by atoms with Crippen LogP contribution < -0.4 is 10.6 Å². The van der Waals surface area contributed by atoms with Gasteiger partial charge in [0.1, 0.15) is 0 Å². The summed E-state index contributed by atoms with van der Waals surface area (Å²) < 4.78 is 39.2. The van der Waals surface area contributed by atoms with Gasteiger partial charge in [0.25, 0.3) is 0 Å². The number of likely N-dealkylation sites (N-methyl/N-ethyl adjacent to an activating group) is 1. The zero-order valence-corrected chi connectivity index (χ0v) is 16.3. The molecule has 0 bridgehead atoms. The molecule has 0 saturated heterocycles. The van der Waals surface area contributed by atoms with E-state index >= 15 is 0 Å². The SMILES string of the molecule is CCc1ccccc1NC(=O)CN(CC)CC(=O)Nc1ccccc1C(F)(F)F. The van der Waals surface area contributed by atoms with Gasteiger partial charge in [-0.15, -0.1) is 0 Å². The molecule has 29 heavy (non-hydrogen) atoms. The zero-order valence-electron chi connectivity index (χ0n) is 16.3. The van der Waals surface area contributed by atoms with E-state index in [9.17, 15) is 22.8 Å². The minimum absolute atomic E-state index is 0.0527. The Morgan fingerprint density at radius 2 is 1.38 bits per heavy atom. The van der Waals surface area contributed by atoms with Crippen LogP contribution in [-0.2, 0) is 22.2 Å². The molecule has 8 heteroatoms. The highest BCUT2D eigenvalue weighted by Crippen LogP contribution is 2.34. The third-order valence-electron chi connectivity index (χ3n) is 4.36. The van der Waals surface area contributed by atoms with E-state index in [1.807, 2.05) is 25.1 Å². The third-order valence-corrected chi connectivity index (χ3v) is 4.36. The van der Waals surface area contributed by atoms with Gasteiger partial charge in [0.15, 0.2) is 0 Å². The van der Waals surface area contributed by atoms with Crippen LogP contribution in [0.5, 0.6) is 0 Å². The minimum Gasteiger partial charge on any atom is -0.325 e. The molecule has 0 atom stereocenters. The van der Waals surface area contributed by atoms with Gasteiger partial charge in [-0.3, -0.25) is 14.5 Å². The van der Waals surface area contributed by atoms with E-state index in [0.717, 1.165) is 18.1 Å². The fourth-order valence-corrected chi connectivity index (χ4v) is 2.86. The normalized spacial score (nSPS) is 11.4. The molecule has 0 spiro atoms. The topological polar surface area (TPSA) is 61.4 Å². The van der Waals surface area contributed by atoms with E-state index < -0.39 is 17.6 Å². The Balaban J connectivity index is 1.98. The average Bonchev–Trinajstić information content (AvgIpc) is 2.67. The number of aryl methyl sites for hydroxylation is 1. The highest BCUT2D eigenvalue weighted by Gasteiger charge is 2.33. The molecule has 2 rings (SSSR count). The lowest BCUT2D eigenvalue weighted by atomic mass is 10.1. The minimum atomic E-state index is -4.57. The average molecular weight is 407 g/mol. The van der Waals surface area contributed by atoms with E-state index in [1.165, 1.54) is 18.2 Å². The summed E-state index contributed by atoms with van der Waals surface area (Å²) in [5.41, 5.74) is 0.484. The van der Waals surface area contributed by atoms with Crippen LogP contribution in [0.2, 0.25) is 0 Å². The van der Waals surface area contributed by atoms with E-state index in [0.29, 0.717) is 12.2 Å². The largest absolute Gasteiger partial charge is 0.418 e. The van der Waals surface area contributed by atoms with Gasteiger partial charge in [-0.1, -0.05) is 44.2 Å². The Morgan fingerprint density at radius 1 is 0.862 bits per heavy atom. The predicted molar refractivity (Wildman–Crippen MR) is 107 cm³/mol. The Morgan fingerprint density at radius 3 is 1.93 bits per heavy atom. The Labute approximate surface area is 167 Å². The summed E-state index contributed by atoms with van der Waals surface area (Å²) >= 11 is 0. The molecule has 156 valence electrons. The number of hydrogen-bond acceptors (Lipinski definition) is 3. The molecule has 0 aromatic heterocycles. The number of carbonyl (C=O) groups is 2. The molecule has 0 saturated carbocycles. The first kappa shape index (κ1) is 22.4. The van der Waals surface area contributed by atoms with Crippen molar-refractivity contribution in [1.29, 1.82) is 0 Å². The molecule has 0 radical (unpaired) electrons. The number of hydrogen-bond donors (Lipinski definition) is 2. The number of alkyl halides is 3. The van der Waals surface area contributed by atoms with Gasteiger partial charge < -0.3 is 10.6 Å². The summed E-state index contributed by atoms with van der Waals surface area (Å²) in [6.45, 7) is 3.88. The lowest BCUT2D eigenvalue weighted by molar-refractivity contribution is -0.137. The second-order valence-corrected chi connectivity index (χ2v) is 6.45. The molecular weight excluding hydrogens is 383 g/mol. The van der Waals surface area contributed by atoms with Gasteiger partial charge in [0, 0.05) is 5.69 Å². The molecule has 0 unspecified atom stereocenters. The molecular formula is C21H24F3N3O2. The predicted octanol–water partition coefficient (Wildman–Crippen LogP) is 4.17. The number of nitrogens with zero attached hydrogens (tertiary/aromatic N) is 1. The smallest absolute Gasteiger partial charge is 0.325 e. The van der Waals surface area contributed by atoms with Gasteiger partial charge in [0.05, 0.1) is 24.3 Å². The van der Waals surface area contributed by atoms with Crippen molar-refractivity contribution in [1.82, 2.24) is 4.90 Å². The molecule has 0 aliphatic carbocycles. The first-order valence-electron chi connectivity index (χ1n) is 9.30. The molecule has 0 aliphatic heterocycles. The standard InChI is InChI=1S/C21H24F3N3O2/c1-3-15-9-5-7-11-17(15)25-19(28)13-27(4-2)14-20(29)26-18-12-8-6-10-16(18)21(22,23)24/h5-12H,3-4,13-14H2,1-2H3,(H,25,28)(H,26,29). The molecule has 2 aromatic rings. The Hall–Kier alpha value is -2.87. The van der Waals surface area contributed by atoms with Gasteiger partial charge >= 0.3 is 6.18 Å². The van der Waals surface area contributed by atoms with Crippen LogP contribution in [0, 0.1) is 0 Å². The number of anilines is 2. The number of rotatable bonds is 8. The monoisotopic (exact) mass is 407 g/mol. The molecule has 0 fully saturated rings. The summed E-state index contributed by atoms with van der Waals surface area (Å²) in [4.78, 5) is 26.1. The van der Waals surface area contributed by atoms with Crippen LogP contribution in [0.3, 0.4) is 0 Å². The van der Waals surface area contributed by atoms with Crippen molar-refractivity contribution in [2.24, 2.45) is 0 Å². The maximum absolute atomic E-state index is 13.1. The van der Waals surface area contributed by atoms with Crippen molar-refractivity contribution < 1.29 is 22.8 Å². The quantitative estimate of drug-likeness (QED) is 0.691. The van der Waals surface area contributed by atoms with Gasteiger partial charge in [-0.05, 0) is 36.7 Å². The molecule has 2 aromatic carbocycles. The number of carbonyl (C=O) groups excluding carboxylic acids is 2. The van der Waals surface area contributed by atoms with Crippen molar-refractivity contribution in [2.75, 3.05) is 30.3 Å². The molecule has 0 heterocycles. The summed E-state index contributed by atoms with van der Waals surface area (Å²) in [6, 6.07) is 12.2. The molecule has 2 N–H and O–H groups in total. The first-order chi connectivity index (χ1) is 13.7. The summed E-state index contributed by atoms with van der Waals surface area (Å²) in [7, 11) is 0. The van der Waals surface area contributed by atoms with Gasteiger partial charge in [-0.2, -0.15) is 13.2 Å². The lowest BCUT2D eigenvalue weighted by Gasteiger charge is -2.20. The van der Waals surface area contributed by atoms with Crippen molar-refractivity contribution >= 4 is 23.2 Å². The number of para-hydroxylation sites is 2. The van der Waals surface area contributed by atoms with E-state index in [-0.39, 0.29) is 24.7 Å². The van der Waals surface area contributed by atoms with Crippen molar-refractivity contribution in [3.05, 3.63) is 59.7 Å². The van der Waals surface area contributed by atoms with Gasteiger partial charge in [-0.25, -0.2) is 0 Å². The molecule has 5 nitrogen and oxygen atoms in total. The maximum atomic E-state index is 13.1. The number of nitrogens with one attached hydrogen (secondary N) is 2. The number of amides is 2. The van der Waals surface area contributed by atoms with E-state index in [2.05, 4.69) is 10.6 Å². The van der Waals surface area contributed by atoms with Crippen molar-refractivity contribution in [3.63, 3.8) is 0 Å². The van der Waals surface area contributed by atoms with Crippen LogP contribution in [0.15, 0.2) is 48.5 Å². The van der Waals surface area contributed by atoms with E-state index in [1.54, 1.807) is 17.9 Å². The Bertz CT molecular complexity index is 853. The van der Waals surface area contributed by atoms with Crippen LogP contribution in [0.25, 0.3) is 0 Å². The maximum Gasteiger partial charge on any atom is 0.418 e. The second kappa shape index (κ2) is 10.1. The number of halogens is 3. The van der Waals surface area contributed by atoms with Crippen LogP contribution >= 0.6 is 0 Å². The Kier molecular flexibility index (Phi) is 7.78. The first-order valence-corrected chi connectivity index (χ1v) is 9.30. The second-order valence-electron chi connectivity index (χ2n) is 6.45. The van der Waals surface area contributed by atoms with Crippen molar-refractivity contribution in [2.45, 2.75) is 26.4 Å². The third kappa shape index (κ3) is 6.60. The fraction of sp³-hybridized carbons (Fsp3) is 0.333. The highest BCUT2D eigenvalue weighted by atomic mass is 19.4. The summed E-state index contributed by atoms with van der Waals surface area (Å²) in [5.74, 6) is -0.915. The van der Waals surface area contributed by atoms with Crippen molar-refractivity contribution in [3.8, 4) is 0 Å². The van der Waals surface area contributed by atoms with E-state index in [4.69, 9.17) is 0 Å². The molecule has 2 amide bonds. The molecule has 0 aliphatic rings. The van der Waals surface area contributed by atoms with Crippen LogP contribution in [-0.4, -0.2) is 36.3 Å². The summed E-state index contributed by atoms with van der Waals surface area (Å²) in [5, 5.41) is 5.11. The fourth-order valence-electron chi connectivity index (χ4n) is 2.86. The zero-order chi connectivity index (χ0) is 21.4. The van der Waals surface area contributed by atoms with Crippen LogP contribution in [0.4, 0.5) is 24.5 Å². The summed E-state index contributed by atoms with van der Waals surface area (Å²) in [6.07, 6.45) is -3.81. The van der Waals surface area contributed by atoms with Crippen LogP contribution in [0.1, 0.15) is 25.0 Å². The lowest BCUT2D eigenvalue weighted by Crippen LogP contribution is -2.39. The van der Waals surface area contributed by atoms with Gasteiger partial charge in [0.2, 0.25) is 11.8 Å². The number of benzene rings is 2.